The fourth-order valence-electron chi connectivity index (χ4n) is 1.89. The van der Waals surface area contributed by atoms with Crippen molar-refractivity contribution in [2.45, 2.75) is 12.5 Å². The Hall–Kier alpha value is -2.47. The summed E-state index contributed by atoms with van der Waals surface area (Å²) in [5.74, 6) is 0.347. The molecule has 0 saturated carbocycles. The Morgan fingerprint density at radius 3 is 2.65 bits per heavy atom. The second-order valence-electron chi connectivity index (χ2n) is 4.64. The highest BCUT2D eigenvalue weighted by atomic mass is 16.6. The maximum absolute atomic E-state index is 10.8. The molecule has 0 saturated heterocycles. The van der Waals surface area contributed by atoms with Gasteiger partial charge in [0.05, 0.1) is 23.1 Å². The van der Waals surface area contributed by atoms with Crippen molar-refractivity contribution in [1.29, 1.82) is 0 Å². The molecule has 1 heterocycles. The fourth-order valence-corrected chi connectivity index (χ4v) is 1.89. The van der Waals surface area contributed by atoms with Crippen LogP contribution in [0, 0.1) is 10.1 Å². The fraction of sp³-hybridized carbons (Fsp3) is 0.214. The lowest BCUT2D eigenvalue weighted by Crippen LogP contribution is -2.36. The Bertz CT molecular complexity index is 604. The molecule has 1 aromatic carbocycles. The Kier molecular flexibility index (Phi) is 3.95. The van der Waals surface area contributed by atoms with Crippen molar-refractivity contribution in [1.82, 2.24) is 4.98 Å². The largest absolute Gasteiger partial charge is 0.394 e. The normalized spacial score (nSPS) is 13.5. The Balaban J connectivity index is 2.31. The van der Waals surface area contributed by atoms with Crippen molar-refractivity contribution in [3.05, 3.63) is 64.3 Å². The van der Waals surface area contributed by atoms with Crippen molar-refractivity contribution in [2.24, 2.45) is 0 Å². The highest BCUT2D eigenvalue weighted by Crippen LogP contribution is 2.26. The molecule has 0 aliphatic heterocycles. The van der Waals surface area contributed by atoms with Gasteiger partial charge in [-0.05, 0) is 12.5 Å². The van der Waals surface area contributed by atoms with Crippen LogP contribution in [0.5, 0.6) is 0 Å². The number of anilines is 1. The number of aliphatic hydroxyl groups is 1. The van der Waals surface area contributed by atoms with Gasteiger partial charge in [-0.15, -0.1) is 0 Å². The lowest BCUT2D eigenvalue weighted by Gasteiger charge is -2.29. The lowest BCUT2D eigenvalue weighted by atomic mass is 9.93. The first-order valence-electron chi connectivity index (χ1n) is 6.10. The summed E-state index contributed by atoms with van der Waals surface area (Å²) in [7, 11) is 0. The first kappa shape index (κ1) is 14.0. The molecule has 0 radical (unpaired) electrons. The summed E-state index contributed by atoms with van der Waals surface area (Å²) in [5.41, 5.74) is 0.0652. The minimum atomic E-state index is -0.760. The molecule has 1 unspecified atom stereocenters. The van der Waals surface area contributed by atoms with E-state index in [1.165, 1.54) is 18.3 Å². The number of pyridine rings is 1. The third kappa shape index (κ3) is 2.92. The molecule has 2 aromatic rings. The summed E-state index contributed by atoms with van der Waals surface area (Å²) >= 11 is 0. The van der Waals surface area contributed by atoms with Crippen LogP contribution in [0.2, 0.25) is 0 Å². The van der Waals surface area contributed by atoms with Gasteiger partial charge < -0.3 is 10.4 Å². The topological polar surface area (TPSA) is 88.3 Å². The van der Waals surface area contributed by atoms with E-state index in [0.717, 1.165) is 5.56 Å². The third-order valence-electron chi connectivity index (χ3n) is 3.09. The molecule has 0 bridgehead atoms. The average Bonchev–Trinajstić information content (AvgIpc) is 2.48. The number of nitrogens with zero attached hydrogens (tertiary/aromatic N) is 2. The highest BCUT2D eigenvalue weighted by Gasteiger charge is 2.26. The molecule has 2 N–H and O–H groups in total. The summed E-state index contributed by atoms with van der Waals surface area (Å²) in [6, 6.07) is 12.0. The first-order chi connectivity index (χ1) is 9.55. The van der Waals surface area contributed by atoms with Crippen LogP contribution in [0.3, 0.4) is 0 Å². The molecule has 104 valence electrons. The van der Waals surface area contributed by atoms with Crippen LogP contribution in [0.15, 0.2) is 48.7 Å². The van der Waals surface area contributed by atoms with Gasteiger partial charge in [-0.1, -0.05) is 30.3 Å². The molecular weight excluding hydrogens is 258 g/mol. The predicted octanol–water partition coefficient (Wildman–Crippen LogP) is 2.31. The minimum absolute atomic E-state index is 0.0455. The standard InChI is InChI=1S/C14H15N3O3/c1-14(10-18,11-5-3-2-4-6-11)16-13-9-12(17(19)20)7-8-15-13/h2-9,18H,10H2,1H3,(H,15,16). The van der Waals surface area contributed by atoms with E-state index in [1.54, 1.807) is 0 Å². The average molecular weight is 273 g/mol. The van der Waals surface area contributed by atoms with Gasteiger partial charge in [0.1, 0.15) is 5.82 Å². The zero-order valence-corrected chi connectivity index (χ0v) is 11.0. The molecule has 1 aromatic heterocycles. The number of aromatic nitrogens is 1. The molecule has 20 heavy (non-hydrogen) atoms. The summed E-state index contributed by atoms with van der Waals surface area (Å²) < 4.78 is 0. The molecule has 0 aliphatic carbocycles. The van der Waals surface area contributed by atoms with Gasteiger partial charge in [-0.2, -0.15) is 0 Å². The summed E-state index contributed by atoms with van der Waals surface area (Å²) in [6.45, 7) is 1.64. The molecule has 0 amide bonds. The molecule has 0 aliphatic rings. The Labute approximate surface area is 116 Å². The molecule has 2 rings (SSSR count). The molecule has 1 atom stereocenters. The molecule has 0 spiro atoms. The predicted molar refractivity (Wildman–Crippen MR) is 75.4 cm³/mol. The maximum atomic E-state index is 10.8. The van der Waals surface area contributed by atoms with E-state index < -0.39 is 10.5 Å². The van der Waals surface area contributed by atoms with Crippen LogP contribution in [-0.2, 0) is 5.54 Å². The Morgan fingerprint density at radius 1 is 1.35 bits per heavy atom. The molecule has 0 fully saturated rings. The summed E-state index contributed by atoms with van der Waals surface area (Å²) in [6.07, 6.45) is 1.36. The Morgan fingerprint density at radius 2 is 2.05 bits per heavy atom. The van der Waals surface area contributed by atoms with E-state index in [-0.39, 0.29) is 12.3 Å². The number of hydrogen-bond acceptors (Lipinski definition) is 5. The lowest BCUT2D eigenvalue weighted by molar-refractivity contribution is -0.384. The van der Waals surface area contributed by atoms with Gasteiger partial charge in [-0.25, -0.2) is 4.98 Å². The monoisotopic (exact) mass is 273 g/mol. The highest BCUT2D eigenvalue weighted by molar-refractivity contribution is 5.47. The number of nitrogens with one attached hydrogen (secondary N) is 1. The number of benzene rings is 1. The zero-order valence-electron chi connectivity index (χ0n) is 11.0. The first-order valence-corrected chi connectivity index (χ1v) is 6.10. The van der Waals surface area contributed by atoms with E-state index in [4.69, 9.17) is 0 Å². The van der Waals surface area contributed by atoms with Crippen LogP contribution in [0.1, 0.15) is 12.5 Å². The van der Waals surface area contributed by atoms with Crippen molar-refractivity contribution in [3.8, 4) is 0 Å². The van der Waals surface area contributed by atoms with Gasteiger partial charge in [0, 0.05) is 12.3 Å². The van der Waals surface area contributed by atoms with Crippen LogP contribution in [-0.4, -0.2) is 21.6 Å². The number of aliphatic hydroxyl groups excluding tert-OH is 1. The van der Waals surface area contributed by atoms with Crippen LogP contribution in [0.4, 0.5) is 11.5 Å². The van der Waals surface area contributed by atoms with Crippen molar-refractivity contribution in [2.75, 3.05) is 11.9 Å². The van der Waals surface area contributed by atoms with Crippen molar-refractivity contribution >= 4 is 11.5 Å². The number of nitro groups is 1. The minimum Gasteiger partial charge on any atom is -0.394 e. The van der Waals surface area contributed by atoms with E-state index in [1.807, 2.05) is 37.3 Å². The molecule has 6 heteroatoms. The van der Waals surface area contributed by atoms with Crippen molar-refractivity contribution in [3.63, 3.8) is 0 Å². The maximum Gasteiger partial charge on any atom is 0.274 e. The van der Waals surface area contributed by atoms with Crippen LogP contribution < -0.4 is 5.32 Å². The van der Waals surface area contributed by atoms with Gasteiger partial charge in [0.2, 0.25) is 0 Å². The van der Waals surface area contributed by atoms with Crippen molar-refractivity contribution < 1.29 is 10.0 Å². The number of rotatable bonds is 5. The van der Waals surface area contributed by atoms with E-state index in [9.17, 15) is 15.2 Å². The SMILES string of the molecule is CC(CO)(Nc1cc([N+](=O)[O-])ccn1)c1ccccc1. The summed E-state index contributed by atoms with van der Waals surface area (Å²) in [5, 5.41) is 23.5. The number of hydrogen-bond donors (Lipinski definition) is 2. The van der Waals surface area contributed by atoms with Gasteiger partial charge in [0.15, 0.2) is 0 Å². The quantitative estimate of drug-likeness (QED) is 0.644. The van der Waals surface area contributed by atoms with Crippen LogP contribution in [0.25, 0.3) is 0 Å². The van der Waals surface area contributed by atoms with Gasteiger partial charge in [-0.3, -0.25) is 10.1 Å². The molecule has 6 nitrogen and oxygen atoms in total. The summed E-state index contributed by atoms with van der Waals surface area (Å²) in [4.78, 5) is 14.3. The van der Waals surface area contributed by atoms with E-state index >= 15 is 0 Å². The second-order valence-corrected chi connectivity index (χ2v) is 4.64. The van der Waals surface area contributed by atoms with Crippen LogP contribution >= 0.6 is 0 Å². The third-order valence-corrected chi connectivity index (χ3v) is 3.09. The molecular formula is C14H15N3O3. The second kappa shape index (κ2) is 5.66. The van der Waals surface area contributed by atoms with Gasteiger partial charge >= 0.3 is 0 Å². The van der Waals surface area contributed by atoms with E-state index in [2.05, 4.69) is 10.3 Å². The van der Waals surface area contributed by atoms with Gasteiger partial charge in [0.25, 0.3) is 5.69 Å². The zero-order chi connectivity index (χ0) is 14.6. The van der Waals surface area contributed by atoms with E-state index in [0.29, 0.717) is 5.82 Å². The smallest absolute Gasteiger partial charge is 0.274 e.